The smallest absolute Gasteiger partial charge is 0.255 e. The summed E-state index contributed by atoms with van der Waals surface area (Å²) in [5.74, 6) is 1.00. The average molecular weight is 392 g/mol. The lowest BCUT2D eigenvalue weighted by molar-refractivity contribution is 0.102. The number of phenols is 1. The molecular weight excluding hydrogens is 366 g/mol. The maximum Gasteiger partial charge on any atom is 0.255 e. The number of hydrogen-bond donors (Lipinski definition) is 2. The normalized spacial score (nSPS) is 10.6. The summed E-state index contributed by atoms with van der Waals surface area (Å²) < 4.78 is 0. The van der Waals surface area contributed by atoms with Crippen LogP contribution in [0.5, 0.6) is 5.75 Å². The molecule has 3 nitrogen and oxygen atoms in total. The van der Waals surface area contributed by atoms with E-state index in [0.29, 0.717) is 5.56 Å². The highest BCUT2D eigenvalue weighted by molar-refractivity contribution is 7.98. The number of thioether (sulfide) groups is 1. The first-order chi connectivity index (χ1) is 13.7. The number of carbonyl (C=O) groups is 1. The largest absolute Gasteiger partial charge is 0.508 e. The number of carbonyl (C=O) groups excluding carboxylic acids is 1. The maximum atomic E-state index is 12.6. The molecule has 0 unspecified atom stereocenters. The van der Waals surface area contributed by atoms with E-state index in [0.717, 1.165) is 41.2 Å². The van der Waals surface area contributed by atoms with E-state index in [1.807, 2.05) is 54.6 Å². The van der Waals surface area contributed by atoms with Crippen LogP contribution in [-0.2, 0) is 12.2 Å². The third-order valence-electron chi connectivity index (χ3n) is 4.52. The lowest BCUT2D eigenvalue weighted by Gasteiger charge is -2.11. The lowest BCUT2D eigenvalue weighted by atomic mass is 10.1. The van der Waals surface area contributed by atoms with Gasteiger partial charge >= 0.3 is 0 Å². The van der Waals surface area contributed by atoms with Crippen LogP contribution in [0.2, 0.25) is 0 Å². The van der Waals surface area contributed by atoms with Gasteiger partial charge in [-0.15, -0.1) is 11.8 Å². The molecule has 0 aromatic heterocycles. The molecule has 0 saturated heterocycles. The fraction of sp³-hybridized carbons (Fsp3) is 0.208. The van der Waals surface area contributed by atoms with Crippen LogP contribution in [-0.4, -0.2) is 11.0 Å². The Morgan fingerprint density at radius 3 is 2.39 bits per heavy atom. The van der Waals surface area contributed by atoms with Crippen LogP contribution in [0.4, 0.5) is 5.69 Å². The summed E-state index contributed by atoms with van der Waals surface area (Å²) in [7, 11) is 0. The maximum absolute atomic E-state index is 12.6. The second-order valence-corrected chi connectivity index (χ2v) is 7.74. The summed E-state index contributed by atoms with van der Waals surface area (Å²) in [5.41, 5.74) is 3.88. The molecule has 2 N–H and O–H groups in total. The number of nitrogens with one attached hydrogen (secondary N) is 1. The Bertz CT molecular complexity index is 905. The van der Waals surface area contributed by atoms with Crippen LogP contribution in [0.1, 0.15) is 41.3 Å². The van der Waals surface area contributed by atoms with Gasteiger partial charge < -0.3 is 10.4 Å². The van der Waals surface area contributed by atoms with Crippen LogP contribution >= 0.6 is 11.8 Å². The molecule has 3 aromatic carbocycles. The molecule has 3 rings (SSSR count). The Balaban J connectivity index is 1.60. The standard InChI is InChI=1S/C24H25NO2S/c1-2-3-6-19-7-4-5-8-23(19)25-24(27)20-11-9-18(10-12-20)17-28-22-15-13-21(26)14-16-22/h4-5,7-16,26H,2-3,6,17H2,1H3,(H,25,27). The highest BCUT2D eigenvalue weighted by Crippen LogP contribution is 2.25. The summed E-state index contributed by atoms with van der Waals surface area (Å²) in [6, 6.07) is 22.9. The molecule has 0 atom stereocenters. The first kappa shape index (κ1) is 20.0. The van der Waals surface area contributed by atoms with Crippen LogP contribution in [0.3, 0.4) is 0 Å². The number of para-hydroxylation sites is 1. The van der Waals surface area contributed by atoms with E-state index in [-0.39, 0.29) is 11.7 Å². The lowest BCUT2D eigenvalue weighted by Crippen LogP contribution is -2.13. The molecule has 0 spiro atoms. The van der Waals surface area contributed by atoms with Crippen molar-refractivity contribution >= 4 is 23.4 Å². The summed E-state index contributed by atoms with van der Waals surface area (Å²) in [6.07, 6.45) is 3.21. The Kier molecular flexibility index (Phi) is 7.15. The number of phenolic OH excluding ortho intramolecular Hbond substituents is 1. The molecule has 0 bridgehead atoms. The number of hydrogen-bond acceptors (Lipinski definition) is 3. The topological polar surface area (TPSA) is 49.3 Å². The van der Waals surface area contributed by atoms with Gasteiger partial charge in [0.05, 0.1) is 0 Å². The first-order valence-corrected chi connectivity index (χ1v) is 10.5. The van der Waals surface area contributed by atoms with Gasteiger partial charge in [-0.05, 0) is 66.4 Å². The fourth-order valence-corrected chi connectivity index (χ4v) is 3.74. The van der Waals surface area contributed by atoms with Crippen molar-refractivity contribution in [1.29, 1.82) is 0 Å². The average Bonchev–Trinajstić information content (AvgIpc) is 2.73. The molecule has 0 aliphatic rings. The Hall–Kier alpha value is -2.72. The zero-order valence-corrected chi connectivity index (χ0v) is 16.8. The van der Waals surface area contributed by atoms with Crippen LogP contribution < -0.4 is 5.32 Å². The molecule has 28 heavy (non-hydrogen) atoms. The number of aryl methyl sites for hydroxylation is 1. The molecule has 0 fully saturated rings. The Labute approximate surface area is 170 Å². The summed E-state index contributed by atoms with van der Waals surface area (Å²) in [4.78, 5) is 13.7. The van der Waals surface area contributed by atoms with Crippen LogP contribution in [0, 0.1) is 0 Å². The molecule has 0 saturated carbocycles. The van der Waals surface area contributed by atoms with Gasteiger partial charge in [-0.25, -0.2) is 0 Å². The molecule has 4 heteroatoms. The van der Waals surface area contributed by atoms with Gasteiger partial charge in [0.15, 0.2) is 0 Å². The highest BCUT2D eigenvalue weighted by atomic mass is 32.2. The summed E-state index contributed by atoms with van der Waals surface area (Å²) >= 11 is 1.70. The predicted molar refractivity (Wildman–Crippen MR) is 117 cm³/mol. The number of anilines is 1. The van der Waals surface area contributed by atoms with Gasteiger partial charge in [0.2, 0.25) is 0 Å². The van der Waals surface area contributed by atoms with Crippen molar-refractivity contribution in [3.05, 3.63) is 89.5 Å². The Morgan fingerprint density at radius 1 is 0.964 bits per heavy atom. The molecule has 0 radical (unpaired) electrons. The third-order valence-corrected chi connectivity index (χ3v) is 5.61. The van der Waals surface area contributed by atoms with E-state index < -0.39 is 0 Å². The molecule has 3 aromatic rings. The summed E-state index contributed by atoms with van der Waals surface area (Å²) in [5, 5.41) is 12.4. The van der Waals surface area contributed by atoms with Crippen molar-refractivity contribution < 1.29 is 9.90 Å². The quantitative estimate of drug-likeness (QED) is 0.444. The van der Waals surface area contributed by atoms with E-state index in [1.165, 1.54) is 5.56 Å². The van der Waals surface area contributed by atoms with Crippen LogP contribution in [0.15, 0.2) is 77.7 Å². The van der Waals surface area contributed by atoms with Crippen molar-refractivity contribution in [1.82, 2.24) is 0 Å². The number of rotatable bonds is 8. The van der Waals surface area contributed by atoms with Crippen LogP contribution in [0.25, 0.3) is 0 Å². The number of unbranched alkanes of at least 4 members (excludes halogenated alkanes) is 1. The third kappa shape index (κ3) is 5.64. The minimum atomic E-state index is -0.0818. The second kappa shape index (κ2) is 10.00. The van der Waals surface area contributed by atoms with Gasteiger partial charge in [0, 0.05) is 21.9 Å². The minimum Gasteiger partial charge on any atom is -0.508 e. The van der Waals surface area contributed by atoms with Crippen molar-refractivity contribution in [3.63, 3.8) is 0 Å². The molecule has 1 amide bonds. The van der Waals surface area contributed by atoms with Crippen molar-refractivity contribution in [2.75, 3.05) is 5.32 Å². The van der Waals surface area contributed by atoms with Gasteiger partial charge in [-0.1, -0.05) is 43.7 Å². The van der Waals surface area contributed by atoms with E-state index in [9.17, 15) is 9.90 Å². The predicted octanol–water partition coefficient (Wildman–Crippen LogP) is 6.28. The zero-order chi connectivity index (χ0) is 19.8. The van der Waals surface area contributed by atoms with Crippen molar-refractivity contribution in [2.24, 2.45) is 0 Å². The second-order valence-electron chi connectivity index (χ2n) is 6.69. The van der Waals surface area contributed by atoms with Crippen molar-refractivity contribution in [2.45, 2.75) is 36.8 Å². The number of aromatic hydroxyl groups is 1. The number of amides is 1. The number of benzene rings is 3. The monoisotopic (exact) mass is 391 g/mol. The minimum absolute atomic E-state index is 0.0818. The zero-order valence-electron chi connectivity index (χ0n) is 16.0. The highest BCUT2D eigenvalue weighted by Gasteiger charge is 2.09. The molecule has 144 valence electrons. The van der Waals surface area contributed by atoms with Crippen molar-refractivity contribution in [3.8, 4) is 5.75 Å². The fourth-order valence-electron chi connectivity index (χ4n) is 2.88. The van der Waals surface area contributed by atoms with Gasteiger partial charge in [-0.3, -0.25) is 4.79 Å². The molecule has 0 aliphatic carbocycles. The Morgan fingerprint density at radius 2 is 1.68 bits per heavy atom. The molecule has 0 aliphatic heterocycles. The van der Waals surface area contributed by atoms with E-state index in [2.05, 4.69) is 18.3 Å². The van der Waals surface area contributed by atoms with E-state index in [1.54, 1.807) is 23.9 Å². The van der Waals surface area contributed by atoms with E-state index in [4.69, 9.17) is 0 Å². The first-order valence-electron chi connectivity index (χ1n) is 9.55. The van der Waals surface area contributed by atoms with Gasteiger partial charge in [0.1, 0.15) is 5.75 Å². The molecule has 0 heterocycles. The summed E-state index contributed by atoms with van der Waals surface area (Å²) in [6.45, 7) is 2.17. The SMILES string of the molecule is CCCCc1ccccc1NC(=O)c1ccc(CSc2ccc(O)cc2)cc1. The molecular formula is C24H25NO2S. The van der Waals surface area contributed by atoms with E-state index >= 15 is 0 Å². The van der Waals surface area contributed by atoms with Gasteiger partial charge in [-0.2, -0.15) is 0 Å². The van der Waals surface area contributed by atoms with Gasteiger partial charge in [0.25, 0.3) is 5.91 Å².